The zero-order valence-corrected chi connectivity index (χ0v) is 9.93. The number of hydrogen-bond donors (Lipinski definition) is 1. The van der Waals surface area contributed by atoms with Crippen molar-refractivity contribution < 1.29 is 13.2 Å². The van der Waals surface area contributed by atoms with Crippen LogP contribution in [-0.4, -0.2) is 9.78 Å². The quantitative estimate of drug-likeness (QED) is 0.854. The summed E-state index contributed by atoms with van der Waals surface area (Å²) in [7, 11) is 0. The molecule has 0 amide bonds. The summed E-state index contributed by atoms with van der Waals surface area (Å²) in [6, 6.07) is 5.90. The SMILES string of the molecule is Cc1c(C(F)(F)F)[nH]n(-c2ccc(Cl)cc2)c1=O. The summed E-state index contributed by atoms with van der Waals surface area (Å²) in [4.78, 5) is 11.7. The normalized spacial score (nSPS) is 11.8. The minimum Gasteiger partial charge on any atom is -0.286 e. The highest BCUT2D eigenvalue weighted by molar-refractivity contribution is 6.30. The topological polar surface area (TPSA) is 37.8 Å². The molecule has 0 saturated carbocycles. The van der Waals surface area contributed by atoms with Gasteiger partial charge in [0.2, 0.25) is 0 Å². The second-order valence-corrected chi connectivity index (χ2v) is 4.16. The van der Waals surface area contributed by atoms with E-state index in [4.69, 9.17) is 11.6 Å². The van der Waals surface area contributed by atoms with Crippen molar-refractivity contribution in [2.45, 2.75) is 13.1 Å². The summed E-state index contributed by atoms with van der Waals surface area (Å²) in [6.07, 6.45) is -4.58. The second kappa shape index (κ2) is 4.20. The van der Waals surface area contributed by atoms with Gasteiger partial charge in [0.05, 0.1) is 5.69 Å². The summed E-state index contributed by atoms with van der Waals surface area (Å²) in [5, 5.41) is 2.50. The van der Waals surface area contributed by atoms with E-state index in [0.29, 0.717) is 10.7 Å². The first kappa shape index (κ1) is 12.8. The molecule has 0 atom stereocenters. The molecule has 0 spiro atoms. The van der Waals surface area contributed by atoms with E-state index >= 15 is 0 Å². The summed E-state index contributed by atoms with van der Waals surface area (Å²) in [5.74, 6) is 0. The molecule has 1 aromatic carbocycles. The number of halogens is 4. The van der Waals surface area contributed by atoms with Gasteiger partial charge in [0.15, 0.2) is 0 Å². The van der Waals surface area contributed by atoms with Crippen LogP contribution in [0.3, 0.4) is 0 Å². The molecule has 1 N–H and O–H groups in total. The van der Waals surface area contributed by atoms with E-state index in [1.54, 1.807) is 0 Å². The fraction of sp³-hybridized carbons (Fsp3) is 0.182. The predicted octanol–water partition coefficient (Wildman–Crippen LogP) is 3.15. The zero-order valence-electron chi connectivity index (χ0n) is 9.18. The maximum absolute atomic E-state index is 12.6. The van der Waals surface area contributed by atoms with Crippen molar-refractivity contribution in [1.29, 1.82) is 0 Å². The molecule has 0 unspecified atom stereocenters. The molecule has 0 fully saturated rings. The van der Waals surface area contributed by atoms with Gasteiger partial charge in [-0.2, -0.15) is 13.2 Å². The number of aromatic nitrogens is 2. The van der Waals surface area contributed by atoms with E-state index in [0.717, 1.165) is 11.6 Å². The third kappa shape index (κ3) is 2.15. The average molecular weight is 277 g/mol. The Hall–Kier alpha value is -1.69. The van der Waals surface area contributed by atoms with Gasteiger partial charge in [0.25, 0.3) is 5.56 Å². The van der Waals surface area contributed by atoms with Crippen molar-refractivity contribution in [3.63, 3.8) is 0 Å². The first-order valence-corrected chi connectivity index (χ1v) is 5.33. The number of nitrogens with one attached hydrogen (secondary N) is 1. The Bertz CT molecular complexity index is 625. The van der Waals surface area contributed by atoms with E-state index in [9.17, 15) is 18.0 Å². The highest BCUT2D eigenvalue weighted by Gasteiger charge is 2.36. The number of hydrogen-bond acceptors (Lipinski definition) is 1. The Kier molecular flexibility index (Phi) is 2.98. The standard InChI is InChI=1S/C11H8ClF3N2O/c1-6-9(11(13,14)15)16-17(10(6)18)8-4-2-7(12)3-5-8/h2-5,16H,1H3. The van der Waals surface area contributed by atoms with E-state index < -0.39 is 17.4 Å². The van der Waals surface area contributed by atoms with Crippen LogP contribution in [-0.2, 0) is 6.18 Å². The van der Waals surface area contributed by atoms with Crippen molar-refractivity contribution in [1.82, 2.24) is 9.78 Å². The lowest BCUT2D eigenvalue weighted by Gasteiger charge is -2.04. The zero-order chi connectivity index (χ0) is 13.5. The smallest absolute Gasteiger partial charge is 0.286 e. The summed E-state index contributed by atoms with van der Waals surface area (Å²) >= 11 is 5.67. The lowest BCUT2D eigenvalue weighted by Crippen LogP contribution is -2.15. The Balaban J connectivity index is 2.60. The van der Waals surface area contributed by atoms with E-state index in [2.05, 4.69) is 5.10 Å². The van der Waals surface area contributed by atoms with Crippen LogP contribution in [0.2, 0.25) is 5.02 Å². The summed E-state index contributed by atoms with van der Waals surface area (Å²) in [5.41, 5.74) is -1.84. The molecule has 1 heterocycles. The third-order valence-electron chi connectivity index (χ3n) is 2.49. The van der Waals surface area contributed by atoms with Crippen molar-refractivity contribution in [3.05, 3.63) is 50.9 Å². The Morgan fingerprint density at radius 2 is 1.78 bits per heavy atom. The third-order valence-corrected chi connectivity index (χ3v) is 2.74. The van der Waals surface area contributed by atoms with Crippen LogP contribution in [0.25, 0.3) is 5.69 Å². The lowest BCUT2D eigenvalue weighted by atomic mass is 10.2. The maximum Gasteiger partial charge on any atom is 0.433 e. The van der Waals surface area contributed by atoms with Gasteiger partial charge in [-0.25, -0.2) is 4.68 Å². The number of aromatic amines is 1. The minimum absolute atomic E-state index is 0.294. The molecule has 0 radical (unpaired) electrons. The average Bonchev–Trinajstić information content (AvgIpc) is 2.57. The molecule has 0 bridgehead atoms. The highest BCUT2D eigenvalue weighted by atomic mass is 35.5. The molecule has 0 aliphatic rings. The molecule has 2 rings (SSSR count). The van der Waals surface area contributed by atoms with Gasteiger partial charge in [0.1, 0.15) is 5.69 Å². The van der Waals surface area contributed by atoms with E-state index in [1.807, 2.05) is 0 Å². The van der Waals surface area contributed by atoms with Crippen LogP contribution < -0.4 is 5.56 Å². The Labute approximate surface area is 105 Å². The van der Waals surface area contributed by atoms with Crippen molar-refractivity contribution in [3.8, 4) is 5.69 Å². The highest BCUT2D eigenvalue weighted by Crippen LogP contribution is 2.29. The number of nitrogens with zero attached hydrogens (tertiary/aromatic N) is 1. The van der Waals surface area contributed by atoms with Crippen LogP contribution in [0.15, 0.2) is 29.1 Å². The number of rotatable bonds is 1. The lowest BCUT2D eigenvalue weighted by molar-refractivity contribution is -0.141. The molecular formula is C11H8ClF3N2O. The number of alkyl halides is 3. The van der Waals surface area contributed by atoms with Gasteiger partial charge in [-0.15, -0.1) is 0 Å². The van der Waals surface area contributed by atoms with E-state index in [1.165, 1.54) is 24.3 Å². The molecule has 1 aromatic heterocycles. The van der Waals surface area contributed by atoms with Gasteiger partial charge >= 0.3 is 6.18 Å². The van der Waals surface area contributed by atoms with Gasteiger partial charge in [0, 0.05) is 10.6 Å². The van der Waals surface area contributed by atoms with Crippen LogP contribution in [0.5, 0.6) is 0 Å². The number of benzene rings is 1. The minimum atomic E-state index is -4.58. The van der Waals surface area contributed by atoms with Crippen LogP contribution >= 0.6 is 11.6 Å². The van der Waals surface area contributed by atoms with Gasteiger partial charge in [-0.05, 0) is 31.2 Å². The van der Waals surface area contributed by atoms with Crippen LogP contribution in [0, 0.1) is 6.92 Å². The molecule has 3 nitrogen and oxygen atoms in total. The van der Waals surface area contributed by atoms with Crippen LogP contribution in [0.4, 0.5) is 13.2 Å². The van der Waals surface area contributed by atoms with E-state index in [-0.39, 0.29) is 5.56 Å². The second-order valence-electron chi connectivity index (χ2n) is 3.73. The Morgan fingerprint density at radius 1 is 1.22 bits per heavy atom. The molecule has 7 heteroatoms. The first-order valence-electron chi connectivity index (χ1n) is 4.95. The number of H-pyrrole nitrogens is 1. The molecule has 0 aliphatic heterocycles. The largest absolute Gasteiger partial charge is 0.433 e. The maximum atomic E-state index is 12.6. The Morgan fingerprint density at radius 3 is 2.22 bits per heavy atom. The van der Waals surface area contributed by atoms with Gasteiger partial charge in [-0.1, -0.05) is 11.6 Å². The molecular weight excluding hydrogens is 269 g/mol. The molecule has 2 aromatic rings. The van der Waals surface area contributed by atoms with Crippen LogP contribution in [0.1, 0.15) is 11.3 Å². The molecule has 0 aliphatic carbocycles. The first-order chi connectivity index (χ1) is 8.30. The summed E-state index contributed by atoms with van der Waals surface area (Å²) < 4.78 is 38.7. The van der Waals surface area contributed by atoms with Gasteiger partial charge in [-0.3, -0.25) is 9.89 Å². The fourth-order valence-corrected chi connectivity index (χ4v) is 1.70. The monoisotopic (exact) mass is 276 g/mol. The van der Waals surface area contributed by atoms with Crippen molar-refractivity contribution in [2.75, 3.05) is 0 Å². The molecule has 0 saturated heterocycles. The predicted molar refractivity (Wildman–Crippen MR) is 61.1 cm³/mol. The summed E-state index contributed by atoms with van der Waals surface area (Å²) in [6.45, 7) is 1.13. The molecule has 18 heavy (non-hydrogen) atoms. The molecule has 96 valence electrons. The fourth-order valence-electron chi connectivity index (χ4n) is 1.57. The van der Waals surface area contributed by atoms with Gasteiger partial charge < -0.3 is 0 Å². The van der Waals surface area contributed by atoms with Crippen molar-refractivity contribution >= 4 is 11.6 Å². The van der Waals surface area contributed by atoms with Crippen molar-refractivity contribution in [2.24, 2.45) is 0 Å².